The highest BCUT2D eigenvalue weighted by atomic mass is 16.7. The molecule has 1 aliphatic rings. The number of ether oxygens (including phenoxy) is 2. The summed E-state index contributed by atoms with van der Waals surface area (Å²) in [5.41, 5.74) is 2.34. The predicted molar refractivity (Wildman–Crippen MR) is 95.7 cm³/mol. The Balaban J connectivity index is 1.98. The van der Waals surface area contributed by atoms with Gasteiger partial charge in [-0.25, -0.2) is 4.79 Å². The van der Waals surface area contributed by atoms with Gasteiger partial charge in [0.05, 0.1) is 5.56 Å². The van der Waals surface area contributed by atoms with Gasteiger partial charge in [-0.2, -0.15) is 0 Å². The molecule has 0 saturated carbocycles. The summed E-state index contributed by atoms with van der Waals surface area (Å²) in [7, 11) is 0. The Bertz CT molecular complexity index is 1060. The standard InChI is InChI=1S/C21H16O5/c1-21(2)25-18-12-17-15(11-16(18)20(23)26-21)14(9-6-10-22)19(24-17)13-7-4-3-5-8-13/h3-5,7-8,11-12,22H,10H2,1-2H3. The molecule has 0 amide bonds. The number of carbonyl (C=O) groups excluding carboxylic acids is 1. The van der Waals surface area contributed by atoms with Crippen LogP contribution >= 0.6 is 0 Å². The Morgan fingerprint density at radius 2 is 1.88 bits per heavy atom. The van der Waals surface area contributed by atoms with E-state index in [-0.39, 0.29) is 6.61 Å². The lowest BCUT2D eigenvalue weighted by Gasteiger charge is -2.31. The van der Waals surface area contributed by atoms with Gasteiger partial charge < -0.3 is 19.0 Å². The molecular weight excluding hydrogens is 332 g/mol. The fraction of sp³-hybridized carbons (Fsp3) is 0.190. The van der Waals surface area contributed by atoms with Crippen molar-refractivity contribution < 1.29 is 23.8 Å². The third-order valence-corrected chi connectivity index (χ3v) is 4.03. The van der Waals surface area contributed by atoms with E-state index >= 15 is 0 Å². The number of aliphatic hydroxyl groups is 1. The minimum Gasteiger partial charge on any atom is -0.455 e. The van der Waals surface area contributed by atoms with E-state index in [1.165, 1.54) is 0 Å². The highest BCUT2D eigenvalue weighted by molar-refractivity contribution is 6.01. The first-order valence-electron chi connectivity index (χ1n) is 8.16. The molecule has 0 saturated heterocycles. The van der Waals surface area contributed by atoms with E-state index in [0.29, 0.717) is 33.6 Å². The molecule has 0 radical (unpaired) electrons. The second kappa shape index (κ2) is 5.94. The number of fused-ring (bicyclic) bond motifs is 2. The molecule has 4 rings (SSSR count). The molecule has 0 aliphatic carbocycles. The summed E-state index contributed by atoms with van der Waals surface area (Å²) in [6, 6.07) is 12.9. The van der Waals surface area contributed by atoms with E-state index in [0.717, 1.165) is 5.56 Å². The summed E-state index contributed by atoms with van der Waals surface area (Å²) in [6.45, 7) is 3.08. The molecule has 130 valence electrons. The summed E-state index contributed by atoms with van der Waals surface area (Å²) >= 11 is 0. The second-order valence-electron chi connectivity index (χ2n) is 6.37. The van der Waals surface area contributed by atoms with Crippen molar-refractivity contribution in [2.75, 3.05) is 6.61 Å². The van der Waals surface area contributed by atoms with Crippen LogP contribution in [0.5, 0.6) is 5.75 Å². The molecule has 0 unspecified atom stereocenters. The average Bonchev–Trinajstić information content (AvgIpc) is 2.95. The molecule has 1 aromatic heterocycles. The summed E-state index contributed by atoms with van der Waals surface area (Å²) in [5, 5.41) is 9.76. The van der Waals surface area contributed by atoms with Crippen LogP contribution in [0.3, 0.4) is 0 Å². The zero-order valence-corrected chi connectivity index (χ0v) is 14.3. The van der Waals surface area contributed by atoms with E-state index in [1.54, 1.807) is 26.0 Å². The topological polar surface area (TPSA) is 68.9 Å². The number of rotatable bonds is 1. The van der Waals surface area contributed by atoms with Gasteiger partial charge in [-0.1, -0.05) is 42.2 Å². The molecule has 0 atom stereocenters. The van der Waals surface area contributed by atoms with Crippen LogP contribution in [0.25, 0.3) is 22.3 Å². The summed E-state index contributed by atoms with van der Waals surface area (Å²) in [6.07, 6.45) is 0. The van der Waals surface area contributed by atoms with Gasteiger partial charge in [0.2, 0.25) is 5.79 Å². The minimum atomic E-state index is -1.04. The van der Waals surface area contributed by atoms with E-state index in [9.17, 15) is 4.79 Å². The van der Waals surface area contributed by atoms with E-state index < -0.39 is 11.8 Å². The molecule has 5 nitrogen and oxygen atoms in total. The number of benzene rings is 2. The van der Waals surface area contributed by atoms with Gasteiger partial charge in [0.15, 0.2) is 5.76 Å². The fourth-order valence-electron chi connectivity index (χ4n) is 2.98. The molecule has 0 spiro atoms. The highest BCUT2D eigenvalue weighted by Crippen LogP contribution is 2.39. The number of hydrogen-bond donors (Lipinski definition) is 1. The van der Waals surface area contributed by atoms with E-state index in [4.69, 9.17) is 19.0 Å². The lowest BCUT2D eigenvalue weighted by molar-refractivity contribution is -0.127. The van der Waals surface area contributed by atoms with Crippen LogP contribution in [0.4, 0.5) is 0 Å². The quantitative estimate of drug-likeness (QED) is 0.536. The molecule has 0 bridgehead atoms. The van der Waals surface area contributed by atoms with Gasteiger partial charge >= 0.3 is 5.97 Å². The number of furan rings is 1. The van der Waals surface area contributed by atoms with Crippen LogP contribution in [0.2, 0.25) is 0 Å². The number of aliphatic hydroxyl groups excluding tert-OH is 1. The zero-order valence-electron chi connectivity index (χ0n) is 14.3. The van der Waals surface area contributed by atoms with Crippen LogP contribution in [0.1, 0.15) is 29.8 Å². The van der Waals surface area contributed by atoms with Gasteiger partial charge in [0.1, 0.15) is 23.5 Å². The summed E-state index contributed by atoms with van der Waals surface area (Å²) in [5.74, 6) is 5.09. The molecule has 5 heteroatoms. The molecule has 26 heavy (non-hydrogen) atoms. The fourth-order valence-corrected chi connectivity index (χ4v) is 2.98. The van der Waals surface area contributed by atoms with Crippen molar-refractivity contribution >= 4 is 16.9 Å². The second-order valence-corrected chi connectivity index (χ2v) is 6.37. The lowest BCUT2D eigenvalue weighted by atomic mass is 10.0. The Kier molecular flexibility index (Phi) is 3.71. The summed E-state index contributed by atoms with van der Waals surface area (Å²) < 4.78 is 17.1. The third-order valence-electron chi connectivity index (χ3n) is 4.03. The maximum absolute atomic E-state index is 12.3. The SMILES string of the molecule is CC1(C)OC(=O)c2cc3c(C#CCO)c(-c4ccccc4)oc3cc2O1. The monoisotopic (exact) mass is 348 g/mol. The average molecular weight is 348 g/mol. The smallest absolute Gasteiger partial charge is 0.345 e. The van der Waals surface area contributed by atoms with Crippen molar-refractivity contribution in [1.29, 1.82) is 0 Å². The third kappa shape index (κ3) is 2.71. The van der Waals surface area contributed by atoms with Crippen molar-refractivity contribution in [1.82, 2.24) is 0 Å². The maximum atomic E-state index is 12.3. The van der Waals surface area contributed by atoms with Crippen molar-refractivity contribution in [2.24, 2.45) is 0 Å². The molecule has 1 N–H and O–H groups in total. The van der Waals surface area contributed by atoms with E-state index in [1.807, 2.05) is 30.3 Å². The van der Waals surface area contributed by atoms with Crippen LogP contribution < -0.4 is 4.74 Å². The molecule has 2 heterocycles. The highest BCUT2D eigenvalue weighted by Gasteiger charge is 2.35. The zero-order chi connectivity index (χ0) is 18.3. The lowest BCUT2D eigenvalue weighted by Crippen LogP contribution is -2.38. The van der Waals surface area contributed by atoms with Crippen molar-refractivity contribution in [3.63, 3.8) is 0 Å². The molecule has 3 aromatic rings. The van der Waals surface area contributed by atoms with Gasteiger partial charge in [-0.05, 0) is 6.07 Å². The van der Waals surface area contributed by atoms with Crippen LogP contribution in [-0.4, -0.2) is 23.5 Å². The Morgan fingerprint density at radius 3 is 2.62 bits per heavy atom. The molecule has 0 fully saturated rings. The Hall–Kier alpha value is -3.23. The first-order valence-corrected chi connectivity index (χ1v) is 8.16. The van der Waals surface area contributed by atoms with Crippen LogP contribution in [0.15, 0.2) is 46.9 Å². The van der Waals surface area contributed by atoms with Gasteiger partial charge in [0, 0.05) is 30.9 Å². The van der Waals surface area contributed by atoms with Crippen LogP contribution in [0, 0.1) is 11.8 Å². The van der Waals surface area contributed by atoms with Crippen molar-refractivity contribution in [3.8, 4) is 28.9 Å². The Labute approximate surface area is 150 Å². The first kappa shape index (κ1) is 16.2. The van der Waals surface area contributed by atoms with Crippen LogP contribution in [-0.2, 0) is 4.74 Å². The van der Waals surface area contributed by atoms with Gasteiger partial charge in [-0.3, -0.25) is 0 Å². The molecular formula is C21H16O5. The number of esters is 1. The van der Waals surface area contributed by atoms with Gasteiger partial charge in [0.25, 0.3) is 0 Å². The minimum absolute atomic E-state index is 0.273. The summed E-state index contributed by atoms with van der Waals surface area (Å²) in [4.78, 5) is 12.3. The molecule has 2 aromatic carbocycles. The van der Waals surface area contributed by atoms with Crippen molar-refractivity contribution in [3.05, 3.63) is 53.6 Å². The largest absolute Gasteiger partial charge is 0.455 e. The number of hydrogen-bond acceptors (Lipinski definition) is 5. The maximum Gasteiger partial charge on any atom is 0.345 e. The molecule has 1 aliphatic heterocycles. The predicted octanol–water partition coefficient (Wildman–Crippen LogP) is 3.73. The van der Waals surface area contributed by atoms with E-state index in [2.05, 4.69) is 11.8 Å². The van der Waals surface area contributed by atoms with Gasteiger partial charge in [-0.15, -0.1) is 0 Å². The normalized spacial score (nSPS) is 14.8. The first-order chi connectivity index (χ1) is 12.5. The van der Waals surface area contributed by atoms with Crippen molar-refractivity contribution in [2.45, 2.75) is 19.6 Å². The number of cyclic esters (lactones) is 1. The Morgan fingerprint density at radius 1 is 1.12 bits per heavy atom. The number of carbonyl (C=O) groups is 1.